The first-order valence-electron chi connectivity index (χ1n) is 7.67. The van der Waals surface area contributed by atoms with Gasteiger partial charge >= 0.3 is 5.97 Å². The van der Waals surface area contributed by atoms with Crippen molar-refractivity contribution in [3.05, 3.63) is 35.4 Å². The highest BCUT2D eigenvalue weighted by Gasteiger charge is 2.20. The second-order valence-electron chi connectivity index (χ2n) is 5.52. The molecule has 6 nitrogen and oxygen atoms in total. The molecule has 23 heavy (non-hydrogen) atoms. The number of carbonyl (C=O) groups is 3. The molecule has 2 rings (SSSR count). The van der Waals surface area contributed by atoms with Crippen LogP contribution in [0.1, 0.15) is 54.9 Å². The number of carbonyl (C=O) groups excluding carboxylic acids is 3. The zero-order chi connectivity index (χ0) is 16.8. The molecular weight excluding hydrogens is 296 g/mol. The lowest BCUT2D eigenvalue weighted by molar-refractivity contribution is -0.134. The second-order valence-corrected chi connectivity index (χ2v) is 5.52. The summed E-state index contributed by atoms with van der Waals surface area (Å²) in [5.74, 6) is -0.736. The number of nitrogens with one attached hydrogen (secondary N) is 1. The van der Waals surface area contributed by atoms with Crippen molar-refractivity contribution in [2.45, 2.75) is 39.0 Å². The Hall–Kier alpha value is -2.50. The summed E-state index contributed by atoms with van der Waals surface area (Å²) >= 11 is 0. The molecule has 1 aromatic carbocycles. The number of amides is 1. The van der Waals surface area contributed by atoms with E-state index in [-0.39, 0.29) is 36.9 Å². The third-order valence-corrected chi connectivity index (χ3v) is 3.89. The third kappa shape index (κ3) is 4.48. The van der Waals surface area contributed by atoms with Gasteiger partial charge in [0, 0.05) is 18.4 Å². The molecule has 0 aliphatic carbocycles. The average molecular weight is 316 g/mol. The minimum absolute atomic E-state index is 0.129. The van der Waals surface area contributed by atoms with Gasteiger partial charge in [0.2, 0.25) is 5.91 Å². The molecule has 0 aromatic heterocycles. The average Bonchev–Trinajstić information content (AvgIpc) is 2.59. The number of Topliss-reactive ketones (excluding diaryl/α,β-unsaturated/α-hetero) is 1. The number of esters is 1. The van der Waals surface area contributed by atoms with Crippen LogP contribution in [0.5, 0.6) is 0 Å². The van der Waals surface area contributed by atoms with Crippen molar-refractivity contribution < 1.29 is 19.1 Å². The topological polar surface area (TPSA) is 84.8 Å². The molecule has 0 bridgehead atoms. The number of hydrazone groups is 1. The van der Waals surface area contributed by atoms with Gasteiger partial charge in [0.15, 0.2) is 12.4 Å². The molecule has 1 aliphatic rings. The van der Waals surface area contributed by atoms with Gasteiger partial charge in [0.25, 0.3) is 0 Å². The van der Waals surface area contributed by atoms with Crippen LogP contribution < -0.4 is 5.43 Å². The van der Waals surface area contributed by atoms with E-state index in [2.05, 4.69) is 24.4 Å². The van der Waals surface area contributed by atoms with Gasteiger partial charge in [-0.1, -0.05) is 38.1 Å². The highest BCUT2D eigenvalue weighted by molar-refractivity contribution is 6.37. The van der Waals surface area contributed by atoms with E-state index in [4.69, 9.17) is 4.74 Å². The van der Waals surface area contributed by atoms with Gasteiger partial charge in [-0.15, -0.1) is 0 Å². The Morgan fingerprint density at radius 1 is 1.26 bits per heavy atom. The van der Waals surface area contributed by atoms with Gasteiger partial charge < -0.3 is 4.74 Å². The Morgan fingerprint density at radius 2 is 1.96 bits per heavy atom. The highest BCUT2D eigenvalue weighted by Crippen LogP contribution is 2.19. The van der Waals surface area contributed by atoms with E-state index in [1.165, 1.54) is 5.56 Å². The first-order chi connectivity index (χ1) is 11.0. The molecule has 1 N–H and O–H groups in total. The van der Waals surface area contributed by atoms with E-state index in [1.54, 1.807) is 12.1 Å². The van der Waals surface area contributed by atoms with Crippen molar-refractivity contribution in [1.29, 1.82) is 0 Å². The normalized spacial score (nSPS) is 15.4. The van der Waals surface area contributed by atoms with E-state index in [1.807, 2.05) is 12.1 Å². The van der Waals surface area contributed by atoms with Crippen molar-refractivity contribution >= 4 is 23.4 Å². The molecule has 0 saturated carbocycles. The molecule has 1 heterocycles. The number of ether oxygens (including phenoxy) is 1. The number of rotatable bonds is 6. The van der Waals surface area contributed by atoms with Gasteiger partial charge in [-0.25, -0.2) is 10.2 Å². The van der Waals surface area contributed by atoms with E-state index < -0.39 is 5.97 Å². The molecular formula is C17H20N2O4. The maximum atomic E-state index is 12.0. The summed E-state index contributed by atoms with van der Waals surface area (Å²) < 4.78 is 4.96. The molecule has 0 fully saturated rings. The number of benzene rings is 1. The van der Waals surface area contributed by atoms with Gasteiger partial charge in [-0.05, 0) is 17.9 Å². The Kier molecular flexibility index (Phi) is 5.62. The van der Waals surface area contributed by atoms with Crippen molar-refractivity contribution in [2.24, 2.45) is 5.10 Å². The SMILES string of the molecule is CC[C@H](C)c1ccc(C(=O)COC(=O)C2=NNC(=O)CC2)cc1. The lowest BCUT2D eigenvalue weighted by Gasteiger charge is -2.11. The lowest BCUT2D eigenvalue weighted by atomic mass is 9.97. The minimum atomic E-state index is -0.672. The summed E-state index contributed by atoms with van der Waals surface area (Å²) in [4.78, 5) is 34.8. The van der Waals surface area contributed by atoms with Crippen molar-refractivity contribution in [2.75, 3.05) is 6.61 Å². The second kappa shape index (κ2) is 7.67. The predicted molar refractivity (Wildman–Crippen MR) is 85.2 cm³/mol. The lowest BCUT2D eigenvalue weighted by Crippen LogP contribution is -2.31. The molecule has 1 amide bonds. The molecule has 0 saturated heterocycles. The molecule has 6 heteroatoms. The van der Waals surface area contributed by atoms with E-state index in [9.17, 15) is 14.4 Å². The molecule has 0 spiro atoms. The molecule has 0 unspecified atom stereocenters. The summed E-state index contributed by atoms with van der Waals surface area (Å²) in [7, 11) is 0. The van der Waals surface area contributed by atoms with Crippen LogP contribution in [0.25, 0.3) is 0 Å². The quantitative estimate of drug-likeness (QED) is 0.644. The van der Waals surface area contributed by atoms with Gasteiger partial charge in [-0.3, -0.25) is 9.59 Å². The smallest absolute Gasteiger partial charge is 0.354 e. The fourth-order valence-corrected chi connectivity index (χ4v) is 2.15. The van der Waals surface area contributed by atoms with E-state index in [0.717, 1.165) is 6.42 Å². The fraction of sp³-hybridized carbons (Fsp3) is 0.412. The number of nitrogens with zero attached hydrogens (tertiary/aromatic N) is 1. The van der Waals surface area contributed by atoms with E-state index >= 15 is 0 Å². The predicted octanol–water partition coefficient (Wildman–Crippen LogP) is 2.19. The summed E-state index contributed by atoms with van der Waals surface area (Å²) in [5.41, 5.74) is 4.02. The van der Waals surface area contributed by atoms with Gasteiger partial charge in [0.1, 0.15) is 5.71 Å². The molecule has 0 radical (unpaired) electrons. The first kappa shape index (κ1) is 16.9. The summed E-state index contributed by atoms with van der Waals surface area (Å²) in [6.45, 7) is 3.90. The molecule has 1 aromatic rings. The van der Waals surface area contributed by atoms with Crippen molar-refractivity contribution in [1.82, 2.24) is 5.43 Å². The Bertz CT molecular complexity index is 634. The fourth-order valence-electron chi connectivity index (χ4n) is 2.15. The Labute approximate surface area is 134 Å². The van der Waals surface area contributed by atoms with Crippen LogP contribution in [0.2, 0.25) is 0 Å². The van der Waals surface area contributed by atoms with E-state index in [0.29, 0.717) is 11.5 Å². The summed E-state index contributed by atoms with van der Waals surface area (Å²) in [6.07, 6.45) is 1.45. The zero-order valence-corrected chi connectivity index (χ0v) is 13.3. The monoisotopic (exact) mass is 316 g/mol. The van der Waals surface area contributed by atoms with Gasteiger partial charge in [0.05, 0.1) is 0 Å². The van der Waals surface area contributed by atoms with Crippen LogP contribution >= 0.6 is 0 Å². The number of hydrogen-bond donors (Lipinski definition) is 1. The Balaban J connectivity index is 1.89. The van der Waals surface area contributed by atoms with Crippen molar-refractivity contribution in [3.8, 4) is 0 Å². The maximum absolute atomic E-state index is 12.0. The van der Waals surface area contributed by atoms with Crippen LogP contribution in [0.15, 0.2) is 29.4 Å². The minimum Gasteiger partial charge on any atom is -0.453 e. The van der Waals surface area contributed by atoms with Crippen LogP contribution in [-0.4, -0.2) is 30.0 Å². The standard InChI is InChI=1S/C17H20N2O4/c1-3-11(2)12-4-6-13(7-5-12)15(20)10-23-17(22)14-8-9-16(21)19-18-14/h4-7,11H,3,8-10H2,1-2H3,(H,19,21)/t11-/m0/s1. The van der Waals surface area contributed by atoms with Crippen molar-refractivity contribution in [3.63, 3.8) is 0 Å². The molecule has 122 valence electrons. The first-order valence-corrected chi connectivity index (χ1v) is 7.67. The van der Waals surface area contributed by atoms with Crippen LogP contribution in [0.3, 0.4) is 0 Å². The summed E-state index contributed by atoms with van der Waals surface area (Å²) in [5, 5.41) is 3.63. The maximum Gasteiger partial charge on any atom is 0.354 e. The largest absolute Gasteiger partial charge is 0.453 e. The van der Waals surface area contributed by atoms with Crippen LogP contribution in [-0.2, 0) is 14.3 Å². The third-order valence-electron chi connectivity index (χ3n) is 3.89. The highest BCUT2D eigenvalue weighted by atomic mass is 16.5. The number of ketones is 1. The number of hydrogen-bond acceptors (Lipinski definition) is 5. The Morgan fingerprint density at radius 3 is 2.52 bits per heavy atom. The molecule has 1 atom stereocenters. The van der Waals surface area contributed by atoms with Gasteiger partial charge in [-0.2, -0.15) is 5.10 Å². The zero-order valence-electron chi connectivity index (χ0n) is 13.3. The van der Waals surface area contributed by atoms with Crippen LogP contribution in [0, 0.1) is 0 Å². The summed E-state index contributed by atoms with van der Waals surface area (Å²) in [6, 6.07) is 7.33. The van der Waals surface area contributed by atoms with Crippen LogP contribution in [0.4, 0.5) is 0 Å². The molecule has 1 aliphatic heterocycles.